The number of hydrogen-bond donors (Lipinski definition) is 1. The number of thiocarbonyl (C=S) groups is 1. The van der Waals surface area contributed by atoms with Gasteiger partial charge in [0.15, 0.2) is 5.11 Å². The fourth-order valence-corrected chi connectivity index (χ4v) is 5.08. The minimum Gasteiger partial charge on any atom is -0.457 e. The molecule has 0 unspecified atom stereocenters. The Bertz CT molecular complexity index is 1520. The van der Waals surface area contributed by atoms with E-state index in [0.29, 0.717) is 10.8 Å². The summed E-state index contributed by atoms with van der Waals surface area (Å²) in [6.45, 7) is 0. The molecular weight excluding hydrogens is 483 g/mol. The maximum Gasteiger partial charge on any atom is 0.174 e. The number of benzene rings is 3. The molecule has 182 valence electrons. The van der Waals surface area contributed by atoms with Gasteiger partial charge in [-0.2, -0.15) is 0 Å². The van der Waals surface area contributed by atoms with Crippen molar-refractivity contribution < 1.29 is 9.13 Å². The predicted octanol–water partition coefficient (Wildman–Crippen LogP) is 6.98. The van der Waals surface area contributed by atoms with Gasteiger partial charge >= 0.3 is 0 Å². The van der Waals surface area contributed by atoms with E-state index >= 15 is 0 Å². The number of ether oxygens (including phenoxy) is 1. The fraction of sp³-hybridized carbons (Fsp3) is 0.0667. The van der Waals surface area contributed by atoms with Crippen molar-refractivity contribution in [2.75, 3.05) is 4.90 Å². The number of anilines is 1. The summed E-state index contributed by atoms with van der Waals surface area (Å²) < 4.78 is 22.7. The molecule has 1 saturated heterocycles. The maximum atomic E-state index is 14.9. The van der Waals surface area contributed by atoms with Crippen LogP contribution in [0, 0.1) is 5.82 Å². The van der Waals surface area contributed by atoms with E-state index in [4.69, 9.17) is 17.0 Å². The molecule has 1 fully saturated rings. The van der Waals surface area contributed by atoms with Gasteiger partial charge in [0.05, 0.1) is 17.4 Å². The number of pyridine rings is 1. The van der Waals surface area contributed by atoms with E-state index in [1.165, 1.54) is 6.07 Å². The molecular formula is C30H23FN4OS. The van der Waals surface area contributed by atoms with Crippen LogP contribution >= 0.6 is 12.2 Å². The quantitative estimate of drug-likeness (QED) is 0.252. The Morgan fingerprint density at radius 1 is 0.784 bits per heavy atom. The average Bonchev–Trinajstić information content (AvgIpc) is 3.55. The highest BCUT2D eigenvalue weighted by Crippen LogP contribution is 2.42. The molecule has 0 aliphatic carbocycles. The molecule has 5 aromatic rings. The molecule has 37 heavy (non-hydrogen) atoms. The van der Waals surface area contributed by atoms with Crippen LogP contribution in [-0.4, -0.2) is 14.7 Å². The van der Waals surface area contributed by atoms with Crippen molar-refractivity contribution in [2.24, 2.45) is 0 Å². The highest BCUT2D eigenvalue weighted by molar-refractivity contribution is 7.80. The number of nitrogens with one attached hydrogen (secondary N) is 1. The van der Waals surface area contributed by atoms with E-state index in [2.05, 4.69) is 15.2 Å². The average molecular weight is 507 g/mol. The number of para-hydroxylation sites is 2. The van der Waals surface area contributed by atoms with Crippen molar-refractivity contribution >= 4 is 23.0 Å². The number of rotatable bonds is 6. The summed E-state index contributed by atoms with van der Waals surface area (Å²) in [5.41, 5.74) is 3.11. The minimum absolute atomic E-state index is 0.241. The van der Waals surface area contributed by atoms with E-state index in [9.17, 15) is 4.39 Å². The third-order valence-electron chi connectivity index (χ3n) is 6.39. The molecule has 6 rings (SSSR count). The summed E-state index contributed by atoms with van der Waals surface area (Å²) in [5, 5.41) is 4.03. The molecule has 1 aliphatic rings. The molecule has 0 bridgehead atoms. The molecule has 0 saturated carbocycles. The van der Waals surface area contributed by atoms with Crippen LogP contribution in [0.4, 0.5) is 10.1 Å². The van der Waals surface area contributed by atoms with Crippen LogP contribution in [-0.2, 0) is 0 Å². The molecule has 0 amide bonds. The van der Waals surface area contributed by atoms with Crippen LogP contribution in [0.25, 0.3) is 5.69 Å². The lowest BCUT2D eigenvalue weighted by atomic mass is 10.0. The van der Waals surface area contributed by atoms with Crippen molar-refractivity contribution in [3.63, 3.8) is 0 Å². The largest absolute Gasteiger partial charge is 0.457 e. The highest BCUT2D eigenvalue weighted by atomic mass is 32.1. The summed E-state index contributed by atoms with van der Waals surface area (Å²) >= 11 is 5.85. The molecule has 0 radical (unpaired) electrons. The van der Waals surface area contributed by atoms with Crippen LogP contribution in [0.5, 0.6) is 11.5 Å². The Hall–Kier alpha value is -4.49. The van der Waals surface area contributed by atoms with Crippen molar-refractivity contribution in [3.8, 4) is 17.2 Å². The first-order valence-electron chi connectivity index (χ1n) is 11.9. The summed E-state index contributed by atoms with van der Waals surface area (Å²) in [7, 11) is 0. The normalized spacial score (nSPS) is 17.0. The number of nitrogens with zero attached hydrogens (tertiary/aromatic N) is 3. The Morgan fingerprint density at radius 2 is 1.51 bits per heavy atom. The van der Waals surface area contributed by atoms with Crippen LogP contribution < -0.4 is 15.0 Å². The van der Waals surface area contributed by atoms with E-state index in [1.807, 2.05) is 102 Å². The van der Waals surface area contributed by atoms with Crippen LogP contribution in [0.2, 0.25) is 0 Å². The van der Waals surface area contributed by atoms with Crippen LogP contribution in [0.15, 0.2) is 122 Å². The van der Waals surface area contributed by atoms with E-state index in [-0.39, 0.29) is 17.9 Å². The lowest BCUT2D eigenvalue weighted by Gasteiger charge is -2.29. The standard InChI is InChI=1S/C30H23FN4OS/c31-24-11-4-5-13-26(24)34-20-8-14-27(34)29-28(25-12-6-7-19-32-25)33-30(37)35(29)21-15-17-23(18-16-21)36-22-9-2-1-3-10-22/h1-20,28-29H,(H,33,37)/t28-,29-/m1/s1. The Morgan fingerprint density at radius 3 is 2.27 bits per heavy atom. The Balaban J connectivity index is 1.41. The summed E-state index contributed by atoms with van der Waals surface area (Å²) in [4.78, 5) is 6.68. The first kappa shape index (κ1) is 22.9. The second kappa shape index (κ2) is 9.87. The summed E-state index contributed by atoms with van der Waals surface area (Å²) in [5.74, 6) is 1.20. The van der Waals surface area contributed by atoms with Gasteiger partial charge in [-0.1, -0.05) is 36.4 Å². The second-order valence-corrected chi connectivity index (χ2v) is 9.05. The molecule has 2 aromatic heterocycles. The summed E-state index contributed by atoms with van der Waals surface area (Å²) in [6, 6.07) is 33.5. The topological polar surface area (TPSA) is 42.3 Å². The lowest BCUT2D eigenvalue weighted by Crippen LogP contribution is -2.30. The molecule has 1 aliphatic heterocycles. The van der Waals surface area contributed by atoms with Crippen molar-refractivity contribution in [2.45, 2.75) is 12.1 Å². The van der Waals surface area contributed by atoms with Crippen molar-refractivity contribution in [3.05, 3.63) is 139 Å². The van der Waals surface area contributed by atoms with Gasteiger partial charge in [0.25, 0.3) is 0 Å². The number of hydrogen-bond acceptors (Lipinski definition) is 3. The smallest absolute Gasteiger partial charge is 0.174 e. The maximum absolute atomic E-state index is 14.9. The first-order valence-corrected chi connectivity index (χ1v) is 12.4. The fourth-order valence-electron chi connectivity index (χ4n) is 4.73. The van der Waals surface area contributed by atoms with Gasteiger partial charge in [0.1, 0.15) is 23.4 Å². The predicted molar refractivity (Wildman–Crippen MR) is 147 cm³/mol. The number of halogens is 1. The van der Waals surface area contributed by atoms with Gasteiger partial charge in [-0.15, -0.1) is 0 Å². The molecule has 7 heteroatoms. The molecule has 1 N–H and O–H groups in total. The Kier molecular flexibility index (Phi) is 6.12. The van der Waals surface area contributed by atoms with E-state index in [1.54, 1.807) is 18.3 Å². The summed E-state index contributed by atoms with van der Waals surface area (Å²) in [6.07, 6.45) is 3.64. The molecule has 5 nitrogen and oxygen atoms in total. The van der Waals surface area contributed by atoms with Gasteiger partial charge in [-0.3, -0.25) is 4.98 Å². The Labute approximate surface area is 219 Å². The third-order valence-corrected chi connectivity index (χ3v) is 6.70. The second-order valence-electron chi connectivity index (χ2n) is 8.66. The van der Waals surface area contributed by atoms with E-state index < -0.39 is 0 Å². The third kappa shape index (κ3) is 4.45. The zero-order valence-electron chi connectivity index (χ0n) is 19.7. The lowest BCUT2D eigenvalue weighted by molar-refractivity contribution is 0.482. The van der Waals surface area contributed by atoms with Gasteiger partial charge in [0.2, 0.25) is 0 Å². The van der Waals surface area contributed by atoms with Gasteiger partial charge < -0.3 is 19.5 Å². The van der Waals surface area contributed by atoms with E-state index in [0.717, 1.165) is 28.6 Å². The van der Waals surface area contributed by atoms with Crippen molar-refractivity contribution in [1.82, 2.24) is 14.9 Å². The highest BCUT2D eigenvalue weighted by Gasteiger charge is 2.42. The van der Waals surface area contributed by atoms with Gasteiger partial charge in [-0.25, -0.2) is 4.39 Å². The van der Waals surface area contributed by atoms with Gasteiger partial charge in [0, 0.05) is 23.8 Å². The van der Waals surface area contributed by atoms with Crippen LogP contribution in [0.3, 0.4) is 0 Å². The molecule has 3 aromatic carbocycles. The monoisotopic (exact) mass is 506 g/mol. The van der Waals surface area contributed by atoms with Crippen LogP contribution in [0.1, 0.15) is 23.5 Å². The zero-order valence-corrected chi connectivity index (χ0v) is 20.6. The molecule has 2 atom stereocenters. The first-order chi connectivity index (χ1) is 18.2. The number of aromatic nitrogens is 2. The minimum atomic E-state index is -0.295. The zero-order chi connectivity index (χ0) is 25.2. The molecule has 0 spiro atoms. The van der Waals surface area contributed by atoms with Gasteiger partial charge in [-0.05, 0) is 85.0 Å². The molecule has 3 heterocycles. The van der Waals surface area contributed by atoms with Crippen molar-refractivity contribution in [1.29, 1.82) is 0 Å². The SMILES string of the molecule is Fc1ccccc1-n1cccc1[C@@H]1[C@@H](c2ccccn2)NC(=S)N1c1ccc(Oc2ccccc2)cc1.